The first-order valence-electron chi connectivity index (χ1n) is 8.76. The molecule has 1 aromatic carbocycles. The lowest BCUT2D eigenvalue weighted by Crippen LogP contribution is -2.30. The number of nitrogens with zero attached hydrogens (tertiary/aromatic N) is 3. The molecule has 1 saturated heterocycles. The van der Waals surface area contributed by atoms with Gasteiger partial charge in [0.15, 0.2) is 5.69 Å². The molecule has 138 valence electrons. The zero-order valence-corrected chi connectivity index (χ0v) is 15.6. The van der Waals surface area contributed by atoms with Crippen molar-refractivity contribution in [2.24, 2.45) is 11.8 Å². The van der Waals surface area contributed by atoms with Crippen LogP contribution in [-0.4, -0.2) is 44.8 Å². The molecule has 1 N–H and O–H groups in total. The van der Waals surface area contributed by atoms with E-state index in [0.29, 0.717) is 12.2 Å². The van der Waals surface area contributed by atoms with Gasteiger partial charge in [-0.05, 0) is 35.6 Å². The lowest BCUT2D eigenvalue weighted by atomic mass is 9.99. The molecule has 1 amide bonds. The van der Waals surface area contributed by atoms with E-state index >= 15 is 0 Å². The van der Waals surface area contributed by atoms with Crippen molar-refractivity contribution in [1.29, 1.82) is 0 Å². The van der Waals surface area contributed by atoms with Crippen molar-refractivity contribution in [1.82, 2.24) is 14.7 Å². The molecular weight excluding hydrogens is 362 g/mol. The van der Waals surface area contributed by atoms with Crippen LogP contribution in [0, 0.1) is 11.8 Å². The fourth-order valence-electron chi connectivity index (χ4n) is 3.47. The first-order chi connectivity index (χ1) is 13.0. The van der Waals surface area contributed by atoms with E-state index in [1.54, 1.807) is 27.0 Å². The Balaban J connectivity index is 1.70. The average Bonchev–Trinajstić information content (AvgIpc) is 3.40. The number of carboxylic acids is 1. The molecule has 0 radical (unpaired) electrons. The maximum absolute atomic E-state index is 13.0. The molecule has 6 nitrogen and oxygen atoms in total. The van der Waals surface area contributed by atoms with E-state index in [1.807, 2.05) is 54.8 Å². The first-order valence-corrected chi connectivity index (χ1v) is 9.64. The third-order valence-electron chi connectivity index (χ3n) is 4.92. The Bertz CT molecular complexity index is 966. The van der Waals surface area contributed by atoms with Crippen molar-refractivity contribution in [2.75, 3.05) is 13.1 Å². The van der Waals surface area contributed by atoms with E-state index < -0.39 is 11.9 Å². The Kier molecular flexibility index (Phi) is 4.53. The standard InChI is InChI=1S/C20H19N3O3S/c1-13-11-22(12-15(13)20(25)26)19(24)16-10-17(18-8-5-9-27-18)23(21-16)14-6-3-2-4-7-14/h2-10,13,15H,11-12H2,1H3,(H,25,26)/t13-,15-/m1/s1. The average molecular weight is 381 g/mol. The number of para-hydroxylation sites is 1. The maximum Gasteiger partial charge on any atom is 0.308 e. The van der Waals surface area contributed by atoms with Gasteiger partial charge in [0.25, 0.3) is 5.91 Å². The quantitative estimate of drug-likeness (QED) is 0.752. The molecule has 2 aromatic heterocycles. The van der Waals surface area contributed by atoms with Crippen LogP contribution in [0.1, 0.15) is 17.4 Å². The SMILES string of the molecule is C[C@@H]1CN(C(=O)c2cc(-c3cccs3)n(-c3ccccc3)n2)C[C@H]1C(=O)O. The van der Waals surface area contributed by atoms with Gasteiger partial charge in [0.1, 0.15) is 0 Å². The van der Waals surface area contributed by atoms with Crippen molar-refractivity contribution < 1.29 is 14.7 Å². The molecule has 27 heavy (non-hydrogen) atoms. The molecule has 7 heteroatoms. The van der Waals surface area contributed by atoms with Gasteiger partial charge in [-0.15, -0.1) is 11.3 Å². The number of carbonyl (C=O) groups is 2. The molecule has 2 atom stereocenters. The summed E-state index contributed by atoms with van der Waals surface area (Å²) in [5.74, 6) is -1.67. The molecule has 3 heterocycles. The van der Waals surface area contributed by atoms with E-state index in [0.717, 1.165) is 16.3 Å². The summed E-state index contributed by atoms with van der Waals surface area (Å²) in [6.07, 6.45) is 0. The summed E-state index contributed by atoms with van der Waals surface area (Å²) in [7, 11) is 0. The van der Waals surface area contributed by atoms with Gasteiger partial charge in [-0.25, -0.2) is 4.68 Å². The van der Waals surface area contributed by atoms with Gasteiger partial charge >= 0.3 is 5.97 Å². The van der Waals surface area contributed by atoms with Gasteiger partial charge in [0.2, 0.25) is 0 Å². The Morgan fingerprint density at radius 2 is 1.93 bits per heavy atom. The summed E-state index contributed by atoms with van der Waals surface area (Å²) in [6, 6.07) is 15.4. The first kappa shape index (κ1) is 17.5. The number of rotatable bonds is 4. The highest BCUT2D eigenvalue weighted by molar-refractivity contribution is 7.13. The summed E-state index contributed by atoms with van der Waals surface area (Å²) in [5.41, 5.74) is 2.06. The van der Waals surface area contributed by atoms with Crippen molar-refractivity contribution >= 4 is 23.2 Å². The Morgan fingerprint density at radius 3 is 2.56 bits per heavy atom. The number of amides is 1. The normalized spacial score (nSPS) is 19.4. The summed E-state index contributed by atoms with van der Waals surface area (Å²) in [5, 5.41) is 15.9. The number of carboxylic acid groups (broad SMARTS) is 1. The van der Waals surface area contributed by atoms with Crippen LogP contribution < -0.4 is 0 Å². The molecule has 4 rings (SSSR count). The number of likely N-dealkylation sites (tertiary alicyclic amines) is 1. The minimum Gasteiger partial charge on any atom is -0.481 e. The van der Waals surface area contributed by atoms with E-state index in [9.17, 15) is 14.7 Å². The largest absolute Gasteiger partial charge is 0.481 e. The number of aliphatic carboxylic acids is 1. The molecule has 0 bridgehead atoms. The summed E-state index contributed by atoms with van der Waals surface area (Å²) in [6.45, 7) is 2.52. The van der Waals surface area contributed by atoms with E-state index in [-0.39, 0.29) is 18.4 Å². The lowest BCUT2D eigenvalue weighted by Gasteiger charge is -2.13. The Hall–Kier alpha value is -2.93. The molecule has 0 spiro atoms. The van der Waals surface area contributed by atoms with Crippen LogP contribution in [0.5, 0.6) is 0 Å². The zero-order chi connectivity index (χ0) is 19.0. The highest BCUT2D eigenvalue weighted by Gasteiger charge is 2.38. The summed E-state index contributed by atoms with van der Waals surface area (Å²) in [4.78, 5) is 27.0. The number of hydrogen-bond donors (Lipinski definition) is 1. The minimum atomic E-state index is -0.855. The maximum atomic E-state index is 13.0. The van der Waals surface area contributed by atoms with Gasteiger partial charge in [-0.1, -0.05) is 31.2 Å². The third kappa shape index (κ3) is 3.26. The predicted molar refractivity (Wildman–Crippen MR) is 103 cm³/mol. The smallest absolute Gasteiger partial charge is 0.308 e. The second-order valence-electron chi connectivity index (χ2n) is 6.77. The van der Waals surface area contributed by atoms with Crippen LogP contribution in [-0.2, 0) is 4.79 Å². The van der Waals surface area contributed by atoms with Crippen LogP contribution in [0.15, 0.2) is 53.9 Å². The van der Waals surface area contributed by atoms with Gasteiger partial charge in [-0.2, -0.15) is 5.10 Å². The van der Waals surface area contributed by atoms with Crippen molar-refractivity contribution in [2.45, 2.75) is 6.92 Å². The number of benzene rings is 1. The van der Waals surface area contributed by atoms with E-state index in [2.05, 4.69) is 5.10 Å². The summed E-state index contributed by atoms with van der Waals surface area (Å²) >= 11 is 1.58. The molecule has 0 aliphatic carbocycles. The molecule has 0 saturated carbocycles. The monoisotopic (exact) mass is 381 g/mol. The highest BCUT2D eigenvalue weighted by atomic mass is 32.1. The molecular formula is C20H19N3O3S. The van der Waals surface area contributed by atoms with Crippen molar-refractivity contribution in [3.63, 3.8) is 0 Å². The third-order valence-corrected chi connectivity index (χ3v) is 5.81. The van der Waals surface area contributed by atoms with Crippen molar-refractivity contribution in [3.05, 3.63) is 59.6 Å². The van der Waals surface area contributed by atoms with Crippen LogP contribution in [0.4, 0.5) is 0 Å². The van der Waals surface area contributed by atoms with E-state index in [1.165, 1.54) is 0 Å². The van der Waals surface area contributed by atoms with Crippen LogP contribution in [0.3, 0.4) is 0 Å². The minimum absolute atomic E-state index is 0.0700. The Morgan fingerprint density at radius 1 is 1.15 bits per heavy atom. The van der Waals surface area contributed by atoms with E-state index in [4.69, 9.17) is 0 Å². The second kappa shape index (κ2) is 7.00. The molecule has 1 fully saturated rings. The van der Waals surface area contributed by atoms with Gasteiger partial charge in [0.05, 0.1) is 22.2 Å². The molecule has 1 aliphatic heterocycles. The second-order valence-corrected chi connectivity index (χ2v) is 7.72. The van der Waals surface area contributed by atoms with Crippen molar-refractivity contribution in [3.8, 4) is 16.3 Å². The van der Waals surface area contributed by atoms with Gasteiger partial charge in [0, 0.05) is 13.1 Å². The molecule has 3 aromatic rings. The fraction of sp³-hybridized carbons (Fsp3) is 0.250. The lowest BCUT2D eigenvalue weighted by molar-refractivity contribution is -0.142. The number of carbonyl (C=O) groups excluding carboxylic acids is 1. The highest BCUT2D eigenvalue weighted by Crippen LogP contribution is 2.30. The van der Waals surface area contributed by atoms with Crippen LogP contribution in [0.2, 0.25) is 0 Å². The fourth-order valence-corrected chi connectivity index (χ4v) is 4.19. The molecule has 1 aliphatic rings. The number of thiophene rings is 1. The summed E-state index contributed by atoms with van der Waals surface area (Å²) < 4.78 is 1.77. The topological polar surface area (TPSA) is 75.4 Å². The van der Waals surface area contributed by atoms with Crippen LogP contribution >= 0.6 is 11.3 Å². The predicted octanol–water partition coefficient (Wildman–Crippen LogP) is 3.39. The Labute approximate surface area is 160 Å². The number of aromatic nitrogens is 2. The number of hydrogen-bond acceptors (Lipinski definition) is 4. The molecule has 0 unspecified atom stereocenters. The van der Waals surface area contributed by atoms with Gasteiger partial charge in [-0.3, -0.25) is 9.59 Å². The van der Waals surface area contributed by atoms with Gasteiger partial charge < -0.3 is 10.0 Å². The van der Waals surface area contributed by atoms with Crippen LogP contribution in [0.25, 0.3) is 16.3 Å². The zero-order valence-electron chi connectivity index (χ0n) is 14.8.